The average molecular weight is 314 g/mol. The summed E-state index contributed by atoms with van der Waals surface area (Å²) in [6, 6.07) is 5.30. The van der Waals surface area contributed by atoms with E-state index < -0.39 is 10.0 Å². The molecule has 1 rings (SSSR count). The molecule has 0 aliphatic carbocycles. The first kappa shape index (κ1) is 18.1. The summed E-state index contributed by atoms with van der Waals surface area (Å²) in [6.45, 7) is 6.99. The van der Waals surface area contributed by atoms with Crippen LogP contribution in [0.5, 0.6) is 0 Å². The molecule has 0 bridgehead atoms. The van der Waals surface area contributed by atoms with Crippen LogP contribution in [-0.4, -0.2) is 46.1 Å². The molecule has 0 fully saturated rings. The molecule has 1 aromatic rings. The number of nitrogens with zero attached hydrogens (tertiary/aromatic N) is 1. The predicted octanol–water partition coefficient (Wildman–Crippen LogP) is 1.76. The lowest BCUT2D eigenvalue weighted by Gasteiger charge is -2.26. The number of nitrogens with one attached hydrogen (secondary N) is 1. The van der Waals surface area contributed by atoms with Crippen LogP contribution < -0.4 is 5.32 Å². The van der Waals surface area contributed by atoms with Gasteiger partial charge >= 0.3 is 0 Å². The number of methoxy groups -OCH3 is 1. The second kappa shape index (κ2) is 7.89. The minimum absolute atomic E-state index is 0.113. The molecule has 5 nitrogen and oxygen atoms in total. The lowest BCUT2D eigenvalue weighted by atomic mass is 10.1. The average Bonchev–Trinajstić information content (AvgIpc) is 2.41. The Hall–Kier alpha value is -0.950. The molecule has 120 valence electrons. The van der Waals surface area contributed by atoms with E-state index in [1.54, 1.807) is 19.2 Å². The molecule has 0 aliphatic heterocycles. The van der Waals surface area contributed by atoms with Crippen LogP contribution in [0.3, 0.4) is 0 Å². The first-order chi connectivity index (χ1) is 9.86. The Bertz CT molecular complexity index is 556. The van der Waals surface area contributed by atoms with Gasteiger partial charge in [0, 0.05) is 26.2 Å². The van der Waals surface area contributed by atoms with Crippen molar-refractivity contribution in [2.75, 3.05) is 27.3 Å². The molecule has 0 aliphatic rings. The van der Waals surface area contributed by atoms with E-state index in [9.17, 15) is 8.42 Å². The highest BCUT2D eigenvalue weighted by molar-refractivity contribution is 7.89. The third-order valence-electron chi connectivity index (χ3n) is 3.44. The fourth-order valence-corrected chi connectivity index (χ4v) is 4.18. The number of sulfonamides is 1. The van der Waals surface area contributed by atoms with Crippen molar-refractivity contribution < 1.29 is 13.2 Å². The van der Waals surface area contributed by atoms with Crippen molar-refractivity contribution in [3.05, 3.63) is 29.3 Å². The molecule has 0 spiro atoms. The Morgan fingerprint density at radius 2 is 2.00 bits per heavy atom. The van der Waals surface area contributed by atoms with Gasteiger partial charge in [0.15, 0.2) is 0 Å². The summed E-state index contributed by atoms with van der Waals surface area (Å²) in [5.74, 6) is 0. The maximum Gasteiger partial charge on any atom is 0.243 e. The van der Waals surface area contributed by atoms with Gasteiger partial charge in [-0.25, -0.2) is 8.42 Å². The standard InChI is InChI=1S/C15H26N2O3S/c1-12(2)17(9-10-20-5)21(18,19)15-8-6-7-14(11-16-4)13(15)3/h6-8,12,16H,9-11H2,1-5H3. The second-order valence-electron chi connectivity index (χ2n) is 5.27. The monoisotopic (exact) mass is 314 g/mol. The Kier molecular flexibility index (Phi) is 6.80. The zero-order valence-electron chi connectivity index (χ0n) is 13.5. The van der Waals surface area contributed by atoms with Gasteiger partial charge in [-0.3, -0.25) is 0 Å². The summed E-state index contributed by atoms with van der Waals surface area (Å²) in [5, 5.41) is 3.06. The number of ether oxygens (including phenoxy) is 1. The molecule has 0 saturated carbocycles. The highest BCUT2D eigenvalue weighted by atomic mass is 32.2. The Morgan fingerprint density at radius 1 is 1.33 bits per heavy atom. The SMILES string of the molecule is CNCc1cccc(S(=O)(=O)N(CCOC)C(C)C)c1C. The molecule has 0 atom stereocenters. The largest absolute Gasteiger partial charge is 0.383 e. The van der Waals surface area contributed by atoms with Gasteiger partial charge in [-0.2, -0.15) is 4.31 Å². The van der Waals surface area contributed by atoms with E-state index in [-0.39, 0.29) is 6.04 Å². The highest BCUT2D eigenvalue weighted by Gasteiger charge is 2.28. The summed E-state index contributed by atoms with van der Waals surface area (Å²) in [7, 11) is -0.0983. The first-order valence-corrected chi connectivity index (χ1v) is 8.54. The van der Waals surface area contributed by atoms with Crippen LogP contribution in [0.1, 0.15) is 25.0 Å². The first-order valence-electron chi connectivity index (χ1n) is 7.10. The summed E-state index contributed by atoms with van der Waals surface area (Å²) >= 11 is 0. The van der Waals surface area contributed by atoms with Crippen LogP contribution in [0.25, 0.3) is 0 Å². The van der Waals surface area contributed by atoms with Crippen LogP contribution in [0, 0.1) is 6.92 Å². The maximum absolute atomic E-state index is 12.9. The number of rotatable bonds is 8. The molecular weight excluding hydrogens is 288 g/mol. The van der Waals surface area contributed by atoms with E-state index in [4.69, 9.17) is 4.74 Å². The highest BCUT2D eigenvalue weighted by Crippen LogP contribution is 2.24. The third-order valence-corrected chi connectivity index (χ3v) is 5.66. The molecule has 1 aromatic carbocycles. The quantitative estimate of drug-likeness (QED) is 0.794. The van der Waals surface area contributed by atoms with Gasteiger partial charge < -0.3 is 10.1 Å². The Labute approximate surface area is 128 Å². The van der Waals surface area contributed by atoms with Crippen molar-refractivity contribution in [2.24, 2.45) is 0 Å². The Morgan fingerprint density at radius 3 is 2.52 bits per heavy atom. The molecule has 21 heavy (non-hydrogen) atoms. The van der Waals surface area contributed by atoms with E-state index >= 15 is 0 Å². The molecule has 0 amide bonds. The van der Waals surface area contributed by atoms with Crippen molar-refractivity contribution in [2.45, 2.75) is 38.3 Å². The lowest BCUT2D eigenvalue weighted by molar-refractivity contribution is 0.171. The minimum Gasteiger partial charge on any atom is -0.383 e. The normalized spacial score (nSPS) is 12.3. The minimum atomic E-state index is -3.52. The maximum atomic E-state index is 12.9. The van der Waals surface area contributed by atoms with Crippen LogP contribution in [0.2, 0.25) is 0 Å². The van der Waals surface area contributed by atoms with Crippen molar-refractivity contribution in [3.63, 3.8) is 0 Å². The lowest BCUT2D eigenvalue weighted by Crippen LogP contribution is -2.39. The molecular formula is C15H26N2O3S. The summed E-state index contributed by atoms with van der Waals surface area (Å²) < 4.78 is 32.3. The molecule has 6 heteroatoms. The van der Waals surface area contributed by atoms with Crippen LogP contribution >= 0.6 is 0 Å². The van der Waals surface area contributed by atoms with Crippen molar-refractivity contribution in [1.29, 1.82) is 0 Å². The van der Waals surface area contributed by atoms with E-state index in [0.29, 0.717) is 24.6 Å². The van der Waals surface area contributed by atoms with Gasteiger partial charge in [0.25, 0.3) is 0 Å². The predicted molar refractivity (Wildman–Crippen MR) is 84.8 cm³/mol. The van der Waals surface area contributed by atoms with E-state index in [1.807, 2.05) is 33.9 Å². The fourth-order valence-electron chi connectivity index (χ4n) is 2.28. The van der Waals surface area contributed by atoms with Crippen LogP contribution in [-0.2, 0) is 21.3 Å². The van der Waals surface area contributed by atoms with E-state index in [2.05, 4.69) is 5.32 Å². The van der Waals surface area contributed by atoms with Crippen LogP contribution in [0.4, 0.5) is 0 Å². The van der Waals surface area contributed by atoms with Crippen molar-refractivity contribution >= 4 is 10.0 Å². The van der Waals surface area contributed by atoms with Gasteiger partial charge in [-0.1, -0.05) is 12.1 Å². The van der Waals surface area contributed by atoms with Crippen molar-refractivity contribution in [1.82, 2.24) is 9.62 Å². The summed E-state index contributed by atoms with van der Waals surface area (Å²) in [5.41, 5.74) is 1.80. The molecule has 0 radical (unpaired) electrons. The van der Waals surface area contributed by atoms with Gasteiger partial charge in [-0.15, -0.1) is 0 Å². The fraction of sp³-hybridized carbons (Fsp3) is 0.600. The summed E-state index contributed by atoms with van der Waals surface area (Å²) in [6.07, 6.45) is 0. The van der Waals surface area contributed by atoms with Crippen LogP contribution in [0.15, 0.2) is 23.1 Å². The number of benzene rings is 1. The summed E-state index contributed by atoms with van der Waals surface area (Å²) in [4.78, 5) is 0.375. The topological polar surface area (TPSA) is 58.6 Å². The molecule has 0 aromatic heterocycles. The number of hydrogen-bond acceptors (Lipinski definition) is 4. The van der Waals surface area contributed by atoms with Gasteiger partial charge in [0.1, 0.15) is 0 Å². The second-order valence-corrected chi connectivity index (χ2v) is 7.13. The molecule has 0 saturated heterocycles. The van der Waals surface area contributed by atoms with E-state index in [1.165, 1.54) is 4.31 Å². The third kappa shape index (κ3) is 4.26. The zero-order chi connectivity index (χ0) is 16.0. The van der Waals surface area contributed by atoms with Crippen molar-refractivity contribution in [3.8, 4) is 0 Å². The smallest absolute Gasteiger partial charge is 0.243 e. The molecule has 0 unspecified atom stereocenters. The molecule has 1 N–H and O–H groups in total. The van der Waals surface area contributed by atoms with E-state index in [0.717, 1.165) is 11.1 Å². The van der Waals surface area contributed by atoms with Gasteiger partial charge in [0.05, 0.1) is 11.5 Å². The van der Waals surface area contributed by atoms with Gasteiger partial charge in [0.2, 0.25) is 10.0 Å². The Balaban J connectivity index is 3.25. The molecule has 0 heterocycles. The van der Waals surface area contributed by atoms with Gasteiger partial charge in [-0.05, 0) is 45.0 Å². The zero-order valence-corrected chi connectivity index (χ0v) is 14.3. The number of hydrogen-bond donors (Lipinski definition) is 1.